The molecule has 0 amide bonds. The van der Waals surface area contributed by atoms with E-state index < -0.39 is 0 Å². The van der Waals surface area contributed by atoms with Crippen molar-refractivity contribution >= 4 is 5.95 Å². The number of piperazine rings is 1. The predicted octanol–water partition coefficient (Wildman–Crippen LogP) is 0.608. The summed E-state index contributed by atoms with van der Waals surface area (Å²) in [6, 6.07) is 2.34. The number of anilines is 1. The lowest BCUT2D eigenvalue weighted by Gasteiger charge is -2.37. The zero-order valence-corrected chi connectivity index (χ0v) is 12.2. The maximum atomic E-state index is 5.99. The highest BCUT2D eigenvalue weighted by molar-refractivity contribution is 5.30. The molecule has 7 heteroatoms. The van der Waals surface area contributed by atoms with Crippen molar-refractivity contribution in [3.8, 4) is 5.75 Å². The quantitative estimate of drug-likeness (QED) is 0.822. The first-order chi connectivity index (χ1) is 10.9. The van der Waals surface area contributed by atoms with Crippen LogP contribution in [0.3, 0.4) is 0 Å². The second-order valence-electron chi connectivity index (χ2n) is 5.69. The van der Waals surface area contributed by atoms with E-state index in [0.29, 0.717) is 6.04 Å². The molecule has 4 rings (SSSR count). The van der Waals surface area contributed by atoms with Crippen molar-refractivity contribution in [3.05, 3.63) is 37.2 Å². The summed E-state index contributed by atoms with van der Waals surface area (Å²) in [5.41, 5.74) is 0. The van der Waals surface area contributed by atoms with Crippen LogP contribution in [0, 0.1) is 0 Å². The normalized spacial score (nSPS) is 25.0. The second kappa shape index (κ2) is 5.84. The first kappa shape index (κ1) is 13.4. The van der Waals surface area contributed by atoms with Gasteiger partial charge >= 0.3 is 0 Å². The second-order valence-corrected chi connectivity index (χ2v) is 5.69. The molecule has 0 aromatic carbocycles. The Morgan fingerprint density at radius 2 is 1.86 bits per heavy atom. The van der Waals surface area contributed by atoms with Crippen molar-refractivity contribution in [1.29, 1.82) is 0 Å². The molecule has 2 aliphatic rings. The SMILES string of the molecule is c1cnc(N2CCN3C[C@H](Oc4cncnc4)C[C@@H]3C2)nc1. The van der Waals surface area contributed by atoms with Gasteiger partial charge in [0.1, 0.15) is 12.4 Å². The van der Waals surface area contributed by atoms with Crippen molar-refractivity contribution in [3.63, 3.8) is 0 Å². The van der Waals surface area contributed by atoms with Crippen LogP contribution >= 0.6 is 0 Å². The molecule has 2 aromatic rings. The van der Waals surface area contributed by atoms with Crippen LogP contribution in [0.5, 0.6) is 5.75 Å². The third-order valence-corrected chi connectivity index (χ3v) is 4.25. The van der Waals surface area contributed by atoms with Gasteiger partial charge in [0, 0.05) is 51.0 Å². The van der Waals surface area contributed by atoms with E-state index in [-0.39, 0.29) is 6.10 Å². The van der Waals surface area contributed by atoms with E-state index in [4.69, 9.17) is 4.74 Å². The van der Waals surface area contributed by atoms with Gasteiger partial charge in [-0.05, 0) is 6.07 Å². The fourth-order valence-corrected chi connectivity index (χ4v) is 3.26. The number of aromatic nitrogens is 4. The number of hydrogen-bond donors (Lipinski definition) is 0. The number of fused-ring (bicyclic) bond motifs is 1. The maximum Gasteiger partial charge on any atom is 0.225 e. The van der Waals surface area contributed by atoms with E-state index >= 15 is 0 Å². The summed E-state index contributed by atoms with van der Waals surface area (Å²) in [6.07, 6.45) is 9.76. The molecule has 7 nitrogen and oxygen atoms in total. The van der Waals surface area contributed by atoms with Gasteiger partial charge in [-0.3, -0.25) is 4.90 Å². The molecule has 22 heavy (non-hydrogen) atoms. The van der Waals surface area contributed by atoms with E-state index in [1.807, 2.05) is 6.07 Å². The summed E-state index contributed by atoms with van der Waals surface area (Å²) in [7, 11) is 0. The Morgan fingerprint density at radius 1 is 1.05 bits per heavy atom. The Morgan fingerprint density at radius 3 is 2.68 bits per heavy atom. The van der Waals surface area contributed by atoms with E-state index in [1.54, 1.807) is 24.8 Å². The van der Waals surface area contributed by atoms with Gasteiger partial charge in [-0.25, -0.2) is 19.9 Å². The molecular formula is C15H18N6O. The number of ether oxygens (including phenoxy) is 1. The molecule has 2 fully saturated rings. The fraction of sp³-hybridized carbons (Fsp3) is 0.467. The van der Waals surface area contributed by atoms with Crippen LogP contribution in [-0.4, -0.2) is 63.2 Å². The Labute approximate surface area is 129 Å². The van der Waals surface area contributed by atoms with Crippen molar-refractivity contribution < 1.29 is 4.74 Å². The zero-order chi connectivity index (χ0) is 14.8. The highest BCUT2D eigenvalue weighted by atomic mass is 16.5. The van der Waals surface area contributed by atoms with Gasteiger partial charge in [-0.1, -0.05) is 0 Å². The lowest BCUT2D eigenvalue weighted by molar-refractivity contribution is 0.191. The van der Waals surface area contributed by atoms with Crippen LogP contribution in [0.4, 0.5) is 5.95 Å². The van der Waals surface area contributed by atoms with Crippen molar-refractivity contribution in [2.24, 2.45) is 0 Å². The molecule has 2 atom stereocenters. The third kappa shape index (κ3) is 2.71. The topological polar surface area (TPSA) is 67.3 Å². The third-order valence-electron chi connectivity index (χ3n) is 4.25. The van der Waals surface area contributed by atoms with Crippen molar-refractivity contribution in [2.75, 3.05) is 31.1 Å². The molecule has 0 bridgehead atoms. The Kier molecular flexibility index (Phi) is 3.56. The highest BCUT2D eigenvalue weighted by Crippen LogP contribution is 2.26. The summed E-state index contributed by atoms with van der Waals surface area (Å²) in [5, 5.41) is 0. The minimum absolute atomic E-state index is 0.202. The molecule has 0 N–H and O–H groups in total. The average Bonchev–Trinajstić information content (AvgIpc) is 2.98. The van der Waals surface area contributed by atoms with Gasteiger partial charge in [0.2, 0.25) is 5.95 Å². The van der Waals surface area contributed by atoms with Gasteiger partial charge in [0.05, 0.1) is 12.4 Å². The van der Waals surface area contributed by atoms with Gasteiger partial charge in [-0.2, -0.15) is 0 Å². The summed E-state index contributed by atoms with van der Waals surface area (Å²) in [4.78, 5) is 21.4. The van der Waals surface area contributed by atoms with Crippen LogP contribution in [0.25, 0.3) is 0 Å². The van der Waals surface area contributed by atoms with Gasteiger partial charge in [0.15, 0.2) is 5.75 Å². The monoisotopic (exact) mass is 298 g/mol. The van der Waals surface area contributed by atoms with Crippen LogP contribution in [0.1, 0.15) is 6.42 Å². The standard InChI is InChI=1S/C15H18N6O/c1-2-18-15(19-3-1)21-5-4-20-10-13(6-12(20)9-21)22-14-7-16-11-17-8-14/h1-3,7-8,11-13H,4-6,9-10H2/t12-,13-/m1/s1. The largest absolute Gasteiger partial charge is 0.486 e. The minimum Gasteiger partial charge on any atom is -0.486 e. The lowest BCUT2D eigenvalue weighted by Crippen LogP contribution is -2.50. The minimum atomic E-state index is 0.202. The highest BCUT2D eigenvalue weighted by Gasteiger charge is 2.37. The van der Waals surface area contributed by atoms with Gasteiger partial charge < -0.3 is 9.64 Å². The molecule has 2 aromatic heterocycles. The van der Waals surface area contributed by atoms with Crippen LogP contribution < -0.4 is 9.64 Å². The zero-order valence-electron chi connectivity index (χ0n) is 12.2. The Balaban J connectivity index is 1.40. The van der Waals surface area contributed by atoms with E-state index in [1.165, 1.54) is 6.33 Å². The van der Waals surface area contributed by atoms with E-state index in [0.717, 1.165) is 44.3 Å². The van der Waals surface area contributed by atoms with Crippen LogP contribution in [0.2, 0.25) is 0 Å². The molecule has 2 saturated heterocycles. The first-order valence-corrected chi connectivity index (χ1v) is 7.56. The van der Waals surface area contributed by atoms with Crippen molar-refractivity contribution in [1.82, 2.24) is 24.8 Å². The number of hydrogen-bond acceptors (Lipinski definition) is 7. The molecular weight excluding hydrogens is 280 g/mol. The lowest BCUT2D eigenvalue weighted by atomic mass is 10.1. The average molecular weight is 298 g/mol. The van der Waals surface area contributed by atoms with Gasteiger partial charge in [-0.15, -0.1) is 0 Å². The molecule has 4 heterocycles. The summed E-state index contributed by atoms with van der Waals surface area (Å²) >= 11 is 0. The summed E-state index contributed by atoms with van der Waals surface area (Å²) in [6.45, 7) is 3.90. The summed E-state index contributed by atoms with van der Waals surface area (Å²) < 4.78 is 5.99. The van der Waals surface area contributed by atoms with Gasteiger partial charge in [0.25, 0.3) is 0 Å². The fourth-order valence-electron chi connectivity index (χ4n) is 3.26. The smallest absolute Gasteiger partial charge is 0.225 e. The molecule has 0 spiro atoms. The molecule has 0 saturated carbocycles. The Bertz CT molecular complexity index is 610. The molecule has 2 aliphatic heterocycles. The molecule has 114 valence electrons. The van der Waals surface area contributed by atoms with E-state index in [2.05, 4.69) is 29.7 Å². The number of nitrogens with zero attached hydrogens (tertiary/aromatic N) is 6. The predicted molar refractivity (Wildman–Crippen MR) is 80.7 cm³/mol. The maximum absolute atomic E-state index is 5.99. The Hall–Kier alpha value is -2.28. The van der Waals surface area contributed by atoms with Crippen molar-refractivity contribution in [2.45, 2.75) is 18.6 Å². The van der Waals surface area contributed by atoms with E-state index in [9.17, 15) is 0 Å². The van der Waals surface area contributed by atoms with Crippen LogP contribution in [0.15, 0.2) is 37.2 Å². The molecule has 0 aliphatic carbocycles. The van der Waals surface area contributed by atoms with Crippen LogP contribution in [-0.2, 0) is 0 Å². The number of rotatable bonds is 3. The molecule has 0 unspecified atom stereocenters. The first-order valence-electron chi connectivity index (χ1n) is 7.56. The molecule has 0 radical (unpaired) electrons. The summed E-state index contributed by atoms with van der Waals surface area (Å²) in [5.74, 6) is 1.57.